The zero-order valence-corrected chi connectivity index (χ0v) is 15.5. The molecule has 0 bridgehead atoms. The average molecular weight is 438 g/mol. The summed E-state index contributed by atoms with van der Waals surface area (Å²) in [6, 6.07) is 15.1. The van der Waals surface area contributed by atoms with Crippen molar-refractivity contribution in [2.75, 3.05) is 0 Å². The van der Waals surface area contributed by atoms with Crippen molar-refractivity contribution in [3.05, 3.63) is 66.2 Å². The molecule has 1 heterocycles. The number of pyridine rings is 1. The van der Waals surface area contributed by atoms with E-state index in [1.165, 1.54) is 36.4 Å². The third kappa shape index (κ3) is 6.37. The number of alkyl halides is 6. The summed E-state index contributed by atoms with van der Waals surface area (Å²) >= 11 is 0. The number of benzene rings is 2. The molecule has 3 rings (SSSR count). The number of hydrogen-bond acceptors (Lipinski definition) is 4. The van der Waals surface area contributed by atoms with Crippen LogP contribution in [0.1, 0.15) is 5.56 Å². The van der Waals surface area contributed by atoms with Crippen LogP contribution in [0.25, 0.3) is 22.5 Å². The molecule has 1 aromatic heterocycles. The van der Waals surface area contributed by atoms with Gasteiger partial charge in [0, 0.05) is 11.1 Å². The van der Waals surface area contributed by atoms with Crippen molar-refractivity contribution in [2.45, 2.75) is 19.1 Å². The number of nitriles is 1. The van der Waals surface area contributed by atoms with Crippen LogP contribution in [0.5, 0.6) is 11.5 Å². The van der Waals surface area contributed by atoms with Crippen molar-refractivity contribution in [1.82, 2.24) is 4.98 Å². The van der Waals surface area contributed by atoms with Crippen LogP contribution in [0, 0.1) is 11.3 Å². The van der Waals surface area contributed by atoms with E-state index in [-0.39, 0.29) is 28.9 Å². The predicted octanol–water partition coefficient (Wildman–Crippen LogP) is 6.28. The largest absolute Gasteiger partial charge is 0.573 e. The van der Waals surface area contributed by atoms with Gasteiger partial charge < -0.3 is 9.47 Å². The van der Waals surface area contributed by atoms with Gasteiger partial charge in [-0.15, -0.1) is 26.3 Å². The van der Waals surface area contributed by atoms with Crippen molar-refractivity contribution >= 4 is 0 Å². The summed E-state index contributed by atoms with van der Waals surface area (Å²) in [5, 5.41) is 9.03. The summed E-state index contributed by atoms with van der Waals surface area (Å²) in [5.74, 6) is -0.917. The van der Waals surface area contributed by atoms with Gasteiger partial charge in [-0.05, 0) is 42.0 Å². The average Bonchev–Trinajstić information content (AvgIpc) is 2.66. The van der Waals surface area contributed by atoms with Gasteiger partial charge >= 0.3 is 12.7 Å². The van der Waals surface area contributed by atoms with Gasteiger partial charge in [0.1, 0.15) is 11.5 Å². The van der Waals surface area contributed by atoms with E-state index in [2.05, 4.69) is 14.5 Å². The number of nitrogens with zero attached hydrogens (tertiary/aromatic N) is 2. The van der Waals surface area contributed by atoms with Gasteiger partial charge in [0.15, 0.2) is 0 Å². The maximum atomic E-state index is 12.5. The molecule has 4 nitrogen and oxygen atoms in total. The molecule has 0 N–H and O–H groups in total. The molecule has 0 saturated carbocycles. The number of halogens is 6. The molecule has 0 saturated heterocycles. The Bertz CT molecular complexity index is 1040. The van der Waals surface area contributed by atoms with E-state index >= 15 is 0 Å². The van der Waals surface area contributed by atoms with Crippen molar-refractivity contribution in [2.24, 2.45) is 0 Å². The van der Waals surface area contributed by atoms with E-state index in [4.69, 9.17) is 5.26 Å². The fraction of sp³-hybridized carbons (Fsp3) is 0.143. The lowest BCUT2D eigenvalue weighted by Gasteiger charge is -2.12. The lowest BCUT2D eigenvalue weighted by molar-refractivity contribution is -0.275. The normalized spacial score (nSPS) is 11.6. The highest BCUT2D eigenvalue weighted by Gasteiger charge is 2.32. The molecule has 0 atom stereocenters. The molecule has 0 fully saturated rings. The topological polar surface area (TPSA) is 55.1 Å². The van der Waals surface area contributed by atoms with Crippen LogP contribution in [0.2, 0.25) is 0 Å². The first-order valence-electron chi connectivity index (χ1n) is 8.63. The Morgan fingerprint density at radius 3 is 1.58 bits per heavy atom. The second-order valence-corrected chi connectivity index (χ2v) is 6.23. The van der Waals surface area contributed by atoms with E-state index in [1.54, 1.807) is 0 Å². The van der Waals surface area contributed by atoms with E-state index in [1.807, 2.05) is 6.07 Å². The fourth-order valence-electron chi connectivity index (χ4n) is 2.78. The quantitative estimate of drug-likeness (QED) is 0.440. The minimum atomic E-state index is -4.88. The van der Waals surface area contributed by atoms with Gasteiger partial charge in [-0.3, -0.25) is 0 Å². The molecule has 10 heteroatoms. The molecule has 160 valence electrons. The van der Waals surface area contributed by atoms with Crippen molar-refractivity contribution in [3.8, 4) is 40.1 Å². The predicted molar refractivity (Wildman–Crippen MR) is 97.8 cm³/mol. The highest BCUT2D eigenvalue weighted by atomic mass is 19.4. The molecule has 0 amide bonds. The lowest BCUT2D eigenvalue weighted by atomic mass is 10.0. The molecular weight excluding hydrogens is 426 g/mol. The Morgan fingerprint density at radius 2 is 1.19 bits per heavy atom. The highest BCUT2D eigenvalue weighted by Crippen LogP contribution is 2.31. The second kappa shape index (κ2) is 8.55. The lowest BCUT2D eigenvalue weighted by Crippen LogP contribution is -2.17. The molecular formula is C21H12F6N2O2. The standard InChI is InChI=1S/C21H12F6N2O2/c22-20(23,24)30-16-5-1-3-14(11-16)18-9-13(7-8-28)10-19(29-18)15-4-2-6-17(12-15)31-21(25,26)27/h1-6,9-12H,7H2. The fourth-order valence-corrected chi connectivity index (χ4v) is 2.78. The van der Waals surface area contributed by atoms with Crippen LogP contribution in [0.4, 0.5) is 26.3 Å². The first kappa shape index (κ1) is 22.0. The summed E-state index contributed by atoms with van der Waals surface area (Å²) in [6.07, 6.45) is -9.79. The summed E-state index contributed by atoms with van der Waals surface area (Å²) < 4.78 is 82.9. The van der Waals surface area contributed by atoms with Crippen LogP contribution < -0.4 is 9.47 Å². The van der Waals surface area contributed by atoms with Gasteiger partial charge in [0.05, 0.1) is 23.9 Å². The Morgan fingerprint density at radius 1 is 0.742 bits per heavy atom. The van der Waals surface area contributed by atoms with E-state index in [0.717, 1.165) is 24.3 Å². The third-order valence-electron chi connectivity index (χ3n) is 3.90. The number of aromatic nitrogens is 1. The minimum Gasteiger partial charge on any atom is -0.406 e. The second-order valence-electron chi connectivity index (χ2n) is 6.23. The Hall–Kier alpha value is -3.74. The zero-order chi connectivity index (χ0) is 22.6. The van der Waals surface area contributed by atoms with Crippen LogP contribution in [0.15, 0.2) is 60.7 Å². The molecule has 0 aliphatic carbocycles. The van der Waals surface area contributed by atoms with E-state index in [9.17, 15) is 26.3 Å². The summed E-state index contributed by atoms with van der Waals surface area (Å²) in [4.78, 5) is 4.35. The van der Waals surface area contributed by atoms with Gasteiger partial charge in [-0.25, -0.2) is 4.98 Å². The van der Waals surface area contributed by atoms with Crippen molar-refractivity contribution in [1.29, 1.82) is 5.26 Å². The maximum absolute atomic E-state index is 12.5. The maximum Gasteiger partial charge on any atom is 0.573 e. The molecule has 0 unspecified atom stereocenters. The molecule has 3 aromatic rings. The molecule has 2 aromatic carbocycles. The van der Waals surface area contributed by atoms with Gasteiger partial charge in [0.25, 0.3) is 0 Å². The summed E-state index contributed by atoms with van der Waals surface area (Å²) in [6.45, 7) is 0. The van der Waals surface area contributed by atoms with Gasteiger partial charge in [0.2, 0.25) is 0 Å². The van der Waals surface area contributed by atoms with Crippen molar-refractivity contribution < 1.29 is 35.8 Å². The molecule has 0 aliphatic heterocycles. The Labute approximate surface area is 172 Å². The van der Waals surface area contributed by atoms with Gasteiger partial charge in [-0.1, -0.05) is 24.3 Å². The van der Waals surface area contributed by atoms with Crippen LogP contribution in [-0.2, 0) is 6.42 Å². The summed E-state index contributed by atoms with van der Waals surface area (Å²) in [7, 11) is 0. The van der Waals surface area contributed by atoms with Crippen LogP contribution in [0.3, 0.4) is 0 Å². The smallest absolute Gasteiger partial charge is 0.406 e. The molecule has 0 radical (unpaired) electrons. The Kier molecular flexibility index (Phi) is 6.06. The molecule has 31 heavy (non-hydrogen) atoms. The molecule has 0 aliphatic rings. The Balaban J connectivity index is 2.04. The summed E-state index contributed by atoms with van der Waals surface area (Å²) in [5.41, 5.74) is 1.46. The van der Waals surface area contributed by atoms with E-state index in [0.29, 0.717) is 5.56 Å². The first-order valence-corrected chi connectivity index (χ1v) is 8.63. The van der Waals surface area contributed by atoms with E-state index < -0.39 is 24.2 Å². The van der Waals surface area contributed by atoms with Crippen LogP contribution >= 0.6 is 0 Å². The van der Waals surface area contributed by atoms with Gasteiger partial charge in [-0.2, -0.15) is 5.26 Å². The SMILES string of the molecule is N#CCc1cc(-c2cccc(OC(F)(F)F)c2)nc(-c2cccc(OC(F)(F)F)c2)c1. The van der Waals surface area contributed by atoms with Crippen LogP contribution in [-0.4, -0.2) is 17.7 Å². The molecule has 0 spiro atoms. The highest BCUT2D eigenvalue weighted by molar-refractivity contribution is 5.69. The zero-order valence-electron chi connectivity index (χ0n) is 15.5. The number of hydrogen-bond donors (Lipinski definition) is 0. The van der Waals surface area contributed by atoms with Crippen molar-refractivity contribution in [3.63, 3.8) is 0 Å². The number of ether oxygens (including phenoxy) is 2. The first-order chi connectivity index (χ1) is 14.5. The monoisotopic (exact) mass is 438 g/mol. The minimum absolute atomic E-state index is 0.0417. The number of rotatable bonds is 5. The third-order valence-corrected chi connectivity index (χ3v) is 3.90.